The van der Waals surface area contributed by atoms with Crippen molar-refractivity contribution >= 4 is 0 Å². The first kappa shape index (κ1) is 7.84. The molecule has 0 fully saturated rings. The Labute approximate surface area is 64.3 Å². The van der Waals surface area contributed by atoms with E-state index < -0.39 is 0 Å². The molecule has 0 saturated carbocycles. The molecule has 0 spiro atoms. The Hall–Kier alpha value is -0.260. The van der Waals surface area contributed by atoms with Gasteiger partial charge in [0, 0.05) is 0 Å². The molecule has 1 aliphatic rings. The highest BCUT2D eigenvalue weighted by atomic mass is 14.1. The number of unbranched alkanes of at least 4 members (excludes halogenated alkanes) is 2. The summed E-state index contributed by atoms with van der Waals surface area (Å²) in [4.78, 5) is 0. The summed E-state index contributed by atoms with van der Waals surface area (Å²) < 4.78 is 0. The summed E-state index contributed by atoms with van der Waals surface area (Å²) in [5.74, 6) is 0. The van der Waals surface area contributed by atoms with Crippen LogP contribution in [0, 0.1) is 6.92 Å². The first-order chi connectivity index (χ1) is 4.93. The van der Waals surface area contributed by atoms with Crippen molar-refractivity contribution in [1.29, 1.82) is 0 Å². The van der Waals surface area contributed by atoms with Crippen LogP contribution >= 0.6 is 0 Å². The van der Waals surface area contributed by atoms with Gasteiger partial charge in [0.2, 0.25) is 0 Å². The van der Waals surface area contributed by atoms with Gasteiger partial charge in [-0.15, -0.1) is 0 Å². The quantitative estimate of drug-likeness (QED) is 0.411. The van der Waals surface area contributed by atoms with E-state index in [2.05, 4.69) is 13.0 Å². The fourth-order valence-electron chi connectivity index (χ4n) is 1.49. The molecule has 10 heavy (non-hydrogen) atoms. The molecular weight excluding hydrogens is 120 g/mol. The van der Waals surface area contributed by atoms with Crippen molar-refractivity contribution in [3.8, 4) is 0 Å². The summed E-state index contributed by atoms with van der Waals surface area (Å²) in [7, 11) is 0. The third kappa shape index (κ3) is 2.55. The summed E-state index contributed by atoms with van der Waals surface area (Å²) in [5.41, 5.74) is 1.70. The highest BCUT2D eigenvalue weighted by molar-refractivity contribution is 5.06. The van der Waals surface area contributed by atoms with Gasteiger partial charge in [0.25, 0.3) is 0 Å². The molecule has 0 aliphatic heterocycles. The third-order valence-electron chi connectivity index (χ3n) is 2.13. The SMILES string of the molecule is [CH2]CCCCC1=CCCC1. The van der Waals surface area contributed by atoms with Crippen LogP contribution in [0.25, 0.3) is 0 Å². The first-order valence-corrected chi connectivity index (χ1v) is 4.40. The molecule has 0 nitrogen and oxygen atoms in total. The zero-order valence-electron chi connectivity index (χ0n) is 6.73. The molecule has 0 saturated heterocycles. The molecule has 0 heterocycles. The number of hydrogen-bond acceptors (Lipinski definition) is 0. The maximum atomic E-state index is 3.83. The van der Waals surface area contributed by atoms with E-state index in [9.17, 15) is 0 Å². The summed E-state index contributed by atoms with van der Waals surface area (Å²) in [6.45, 7) is 3.83. The average molecular weight is 137 g/mol. The lowest BCUT2D eigenvalue weighted by atomic mass is 10.1. The normalized spacial score (nSPS) is 17.5. The molecule has 0 amide bonds. The smallest absolute Gasteiger partial charge is 0.0317 e. The topological polar surface area (TPSA) is 0 Å². The van der Waals surface area contributed by atoms with E-state index in [0.717, 1.165) is 6.42 Å². The van der Waals surface area contributed by atoms with Crippen molar-refractivity contribution < 1.29 is 0 Å². The largest absolute Gasteiger partial charge is 0.0853 e. The molecule has 0 aromatic rings. The van der Waals surface area contributed by atoms with Crippen LogP contribution in [-0.4, -0.2) is 0 Å². The van der Waals surface area contributed by atoms with E-state index >= 15 is 0 Å². The van der Waals surface area contributed by atoms with Gasteiger partial charge in [-0.1, -0.05) is 31.4 Å². The van der Waals surface area contributed by atoms with Crippen molar-refractivity contribution in [3.63, 3.8) is 0 Å². The van der Waals surface area contributed by atoms with E-state index in [-0.39, 0.29) is 0 Å². The Balaban J connectivity index is 2.01. The lowest BCUT2D eigenvalue weighted by Crippen LogP contribution is -1.78. The Kier molecular flexibility index (Phi) is 3.56. The molecule has 0 aromatic carbocycles. The number of allylic oxidation sites excluding steroid dienone is 2. The number of rotatable bonds is 4. The second-order valence-electron chi connectivity index (χ2n) is 3.07. The maximum absolute atomic E-state index is 3.83. The molecule has 0 heteroatoms. The lowest BCUT2D eigenvalue weighted by molar-refractivity contribution is 0.724. The van der Waals surface area contributed by atoms with Gasteiger partial charge in [-0.05, 0) is 32.1 Å². The minimum absolute atomic E-state index is 1.10. The first-order valence-electron chi connectivity index (χ1n) is 4.40. The van der Waals surface area contributed by atoms with Crippen LogP contribution in [-0.2, 0) is 0 Å². The molecule has 57 valence electrons. The van der Waals surface area contributed by atoms with E-state index in [0.29, 0.717) is 0 Å². The average Bonchev–Trinajstić information content (AvgIpc) is 2.41. The van der Waals surface area contributed by atoms with Gasteiger partial charge in [0.15, 0.2) is 0 Å². The molecule has 0 atom stereocenters. The highest BCUT2D eigenvalue weighted by Gasteiger charge is 2.02. The van der Waals surface area contributed by atoms with Gasteiger partial charge in [0.1, 0.15) is 0 Å². The maximum Gasteiger partial charge on any atom is -0.0317 e. The zero-order chi connectivity index (χ0) is 7.23. The summed E-state index contributed by atoms with van der Waals surface area (Å²) in [5, 5.41) is 0. The molecule has 0 bridgehead atoms. The van der Waals surface area contributed by atoms with Crippen molar-refractivity contribution in [2.45, 2.75) is 44.9 Å². The minimum Gasteiger partial charge on any atom is -0.0853 e. The van der Waals surface area contributed by atoms with E-state index in [1.807, 2.05) is 0 Å². The van der Waals surface area contributed by atoms with Gasteiger partial charge in [-0.3, -0.25) is 0 Å². The van der Waals surface area contributed by atoms with Crippen molar-refractivity contribution in [3.05, 3.63) is 18.6 Å². The van der Waals surface area contributed by atoms with Crippen molar-refractivity contribution in [1.82, 2.24) is 0 Å². The van der Waals surface area contributed by atoms with Crippen LogP contribution in [0.5, 0.6) is 0 Å². The monoisotopic (exact) mass is 137 g/mol. The fourth-order valence-corrected chi connectivity index (χ4v) is 1.49. The molecule has 1 aliphatic carbocycles. The van der Waals surface area contributed by atoms with E-state index in [4.69, 9.17) is 0 Å². The van der Waals surface area contributed by atoms with Gasteiger partial charge >= 0.3 is 0 Å². The van der Waals surface area contributed by atoms with Crippen LogP contribution in [0.15, 0.2) is 11.6 Å². The molecular formula is C10H17. The predicted molar refractivity (Wildman–Crippen MR) is 45.8 cm³/mol. The zero-order valence-corrected chi connectivity index (χ0v) is 6.73. The van der Waals surface area contributed by atoms with Gasteiger partial charge in [0.05, 0.1) is 0 Å². The van der Waals surface area contributed by atoms with Crippen LogP contribution in [0.1, 0.15) is 44.9 Å². The van der Waals surface area contributed by atoms with E-state index in [1.165, 1.54) is 38.5 Å². The van der Waals surface area contributed by atoms with Gasteiger partial charge in [-0.2, -0.15) is 0 Å². The predicted octanol–water partition coefficient (Wildman–Crippen LogP) is 3.49. The van der Waals surface area contributed by atoms with Crippen LogP contribution in [0.4, 0.5) is 0 Å². The Morgan fingerprint density at radius 2 is 2.30 bits per heavy atom. The number of hydrogen-bond donors (Lipinski definition) is 0. The minimum atomic E-state index is 1.10. The second kappa shape index (κ2) is 4.54. The van der Waals surface area contributed by atoms with Gasteiger partial charge in [-0.25, -0.2) is 0 Å². The van der Waals surface area contributed by atoms with Crippen LogP contribution < -0.4 is 0 Å². The van der Waals surface area contributed by atoms with Crippen LogP contribution in [0.3, 0.4) is 0 Å². The molecule has 0 N–H and O–H groups in total. The van der Waals surface area contributed by atoms with E-state index in [1.54, 1.807) is 5.57 Å². The van der Waals surface area contributed by atoms with Gasteiger partial charge < -0.3 is 0 Å². The molecule has 0 aromatic heterocycles. The van der Waals surface area contributed by atoms with Crippen molar-refractivity contribution in [2.24, 2.45) is 0 Å². The fraction of sp³-hybridized carbons (Fsp3) is 0.700. The standard InChI is InChI=1S/C10H17/c1-2-3-4-7-10-8-5-6-9-10/h8H,1-7,9H2. The highest BCUT2D eigenvalue weighted by Crippen LogP contribution is 2.22. The Morgan fingerprint density at radius 3 is 2.90 bits per heavy atom. The van der Waals surface area contributed by atoms with Crippen molar-refractivity contribution in [2.75, 3.05) is 0 Å². The second-order valence-corrected chi connectivity index (χ2v) is 3.07. The van der Waals surface area contributed by atoms with Crippen LogP contribution in [0.2, 0.25) is 0 Å². The Morgan fingerprint density at radius 1 is 1.40 bits per heavy atom. The molecule has 0 unspecified atom stereocenters. The Bertz CT molecular complexity index is 111. The summed E-state index contributed by atoms with van der Waals surface area (Å²) in [6, 6.07) is 0. The molecule has 1 rings (SSSR count). The molecule has 1 radical (unpaired) electrons. The summed E-state index contributed by atoms with van der Waals surface area (Å²) >= 11 is 0. The lowest BCUT2D eigenvalue weighted by Gasteiger charge is -1.98. The summed E-state index contributed by atoms with van der Waals surface area (Å²) in [6.07, 6.45) is 11.6. The third-order valence-corrected chi connectivity index (χ3v) is 2.13.